The number of thioether (sulfide) groups is 2. The molecule has 1 aliphatic heterocycles. The van der Waals surface area contributed by atoms with Crippen LogP contribution in [0.4, 0.5) is 0 Å². The van der Waals surface area contributed by atoms with Crippen LogP contribution in [-0.2, 0) is 15.8 Å². The van der Waals surface area contributed by atoms with Crippen molar-refractivity contribution in [1.82, 2.24) is 9.62 Å². The molecule has 0 spiro atoms. The fourth-order valence-corrected chi connectivity index (χ4v) is 6.43. The molecule has 0 aromatic heterocycles. The fraction of sp³-hybridized carbons (Fsp3) is 0.435. The van der Waals surface area contributed by atoms with Crippen molar-refractivity contribution < 1.29 is 13.2 Å². The predicted octanol–water partition coefficient (Wildman–Crippen LogP) is 5.15. The summed E-state index contributed by atoms with van der Waals surface area (Å²) in [6, 6.07) is 12.5. The van der Waals surface area contributed by atoms with Crippen molar-refractivity contribution in [2.45, 2.75) is 35.3 Å². The molecule has 2 aromatic carbocycles. The van der Waals surface area contributed by atoms with Gasteiger partial charge in [-0.25, -0.2) is 13.1 Å². The Morgan fingerprint density at radius 3 is 2.59 bits per heavy atom. The van der Waals surface area contributed by atoms with Crippen LogP contribution < -0.4 is 4.72 Å². The SMILES string of the molecule is CSc1ccc(S(=O)(=O)NCCSCc2ccccc2Cl)cc1C(=O)N1CCC(C)CC1. The lowest BCUT2D eigenvalue weighted by Gasteiger charge is -2.30. The number of amides is 1. The maximum Gasteiger partial charge on any atom is 0.255 e. The first-order valence-corrected chi connectivity index (χ1v) is 14.8. The summed E-state index contributed by atoms with van der Waals surface area (Å²) >= 11 is 9.23. The summed E-state index contributed by atoms with van der Waals surface area (Å²) < 4.78 is 28.3. The zero-order valence-electron chi connectivity index (χ0n) is 18.3. The molecule has 1 aliphatic rings. The number of nitrogens with one attached hydrogen (secondary N) is 1. The Morgan fingerprint density at radius 1 is 1.19 bits per heavy atom. The number of carbonyl (C=O) groups excluding carboxylic acids is 1. The molecule has 1 heterocycles. The molecule has 0 atom stereocenters. The highest BCUT2D eigenvalue weighted by atomic mass is 35.5. The maximum absolute atomic E-state index is 13.1. The Kier molecular flexibility index (Phi) is 9.37. The topological polar surface area (TPSA) is 66.5 Å². The second-order valence-corrected chi connectivity index (χ2v) is 12.0. The Balaban J connectivity index is 1.62. The van der Waals surface area contributed by atoms with Gasteiger partial charge in [-0.05, 0) is 54.8 Å². The van der Waals surface area contributed by atoms with Crippen molar-refractivity contribution in [1.29, 1.82) is 0 Å². The zero-order valence-corrected chi connectivity index (χ0v) is 21.5. The van der Waals surface area contributed by atoms with E-state index in [1.54, 1.807) is 23.9 Å². The van der Waals surface area contributed by atoms with Gasteiger partial charge in [-0.2, -0.15) is 11.8 Å². The van der Waals surface area contributed by atoms with Gasteiger partial charge in [0.25, 0.3) is 5.91 Å². The Hall–Kier alpha value is -1.19. The number of likely N-dealkylation sites (tertiary alicyclic amines) is 1. The molecule has 3 rings (SSSR count). The van der Waals surface area contributed by atoms with E-state index in [2.05, 4.69) is 11.6 Å². The van der Waals surface area contributed by atoms with Crippen LogP contribution in [-0.4, -0.2) is 50.9 Å². The van der Waals surface area contributed by atoms with Gasteiger partial charge < -0.3 is 4.90 Å². The van der Waals surface area contributed by atoms with Gasteiger partial charge in [0.15, 0.2) is 0 Å². The van der Waals surface area contributed by atoms with Crippen molar-refractivity contribution in [2.24, 2.45) is 5.92 Å². The number of rotatable bonds is 9. The summed E-state index contributed by atoms with van der Waals surface area (Å²) in [6.45, 7) is 3.92. The maximum atomic E-state index is 13.1. The second kappa shape index (κ2) is 11.8. The minimum absolute atomic E-state index is 0.0893. The molecule has 9 heteroatoms. The number of benzene rings is 2. The number of hydrogen-bond donors (Lipinski definition) is 1. The highest BCUT2D eigenvalue weighted by molar-refractivity contribution is 7.98. The molecule has 0 radical (unpaired) electrons. The molecule has 0 aliphatic carbocycles. The third-order valence-corrected chi connectivity index (χ3v) is 9.17. The van der Waals surface area contributed by atoms with Crippen LogP contribution in [0.1, 0.15) is 35.7 Å². The quantitative estimate of drug-likeness (QED) is 0.372. The highest BCUT2D eigenvalue weighted by Crippen LogP contribution is 2.27. The van der Waals surface area contributed by atoms with E-state index < -0.39 is 10.0 Å². The van der Waals surface area contributed by atoms with E-state index in [4.69, 9.17) is 11.6 Å². The third-order valence-electron chi connectivity index (χ3n) is 5.54. The first-order chi connectivity index (χ1) is 15.3. The lowest BCUT2D eigenvalue weighted by Crippen LogP contribution is -2.38. The van der Waals surface area contributed by atoms with Gasteiger partial charge in [0.1, 0.15) is 0 Å². The Bertz CT molecular complexity index is 1040. The minimum Gasteiger partial charge on any atom is -0.339 e. The molecule has 0 saturated carbocycles. The second-order valence-electron chi connectivity index (χ2n) is 7.88. The van der Waals surface area contributed by atoms with Crippen molar-refractivity contribution in [2.75, 3.05) is 31.6 Å². The molecule has 1 amide bonds. The largest absolute Gasteiger partial charge is 0.339 e. The van der Waals surface area contributed by atoms with Crippen molar-refractivity contribution in [3.63, 3.8) is 0 Å². The zero-order chi connectivity index (χ0) is 23.1. The molecule has 32 heavy (non-hydrogen) atoms. The van der Waals surface area contributed by atoms with Gasteiger partial charge in [0, 0.05) is 41.1 Å². The molecule has 0 bridgehead atoms. The number of sulfonamides is 1. The van der Waals surface area contributed by atoms with Crippen LogP contribution in [0.5, 0.6) is 0 Å². The Morgan fingerprint density at radius 2 is 1.91 bits per heavy atom. The van der Waals surface area contributed by atoms with Crippen molar-refractivity contribution in [3.8, 4) is 0 Å². The van der Waals surface area contributed by atoms with Crippen LogP contribution in [0.25, 0.3) is 0 Å². The molecule has 1 N–H and O–H groups in total. The van der Waals surface area contributed by atoms with E-state index in [9.17, 15) is 13.2 Å². The summed E-state index contributed by atoms with van der Waals surface area (Å²) in [5.74, 6) is 1.86. The predicted molar refractivity (Wildman–Crippen MR) is 135 cm³/mol. The number of carbonyl (C=O) groups is 1. The monoisotopic (exact) mass is 512 g/mol. The normalized spacial score (nSPS) is 15.2. The van der Waals surface area contributed by atoms with E-state index in [-0.39, 0.29) is 10.8 Å². The molecule has 1 fully saturated rings. The van der Waals surface area contributed by atoms with Gasteiger partial charge in [0.2, 0.25) is 10.0 Å². The molecule has 5 nitrogen and oxygen atoms in total. The molecule has 2 aromatic rings. The average Bonchev–Trinajstić information content (AvgIpc) is 2.79. The van der Waals surface area contributed by atoms with Crippen LogP contribution >= 0.6 is 35.1 Å². The van der Waals surface area contributed by atoms with E-state index in [0.717, 1.165) is 34.1 Å². The van der Waals surface area contributed by atoms with E-state index in [0.29, 0.717) is 36.9 Å². The third kappa shape index (κ3) is 6.67. The number of hydrogen-bond acceptors (Lipinski definition) is 5. The van der Waals surface area contributed by atoms with Crippen LogP contribution in [0.3, 0.4) is 0 Å². The number of piperidine rings is 1. The summed E-state index contributed by atoms with van der Waals surface area (Å²) in [4.78, 5) is 15.9. The average molecular weight is 513 g/mol. The number of halogens is 1. The smallest absolute Gasteiger partial charge is 0.255 e. The number of nitrogens with zero attached hydrogens (tertiary/aromatic N) is 1. The lowest BCUT2D eigenvalue weighted by atomic mass is 9.98. The molecular formula is C23H29ClN2O3S3. The van der Waals surface area contributed by atoms with Crippen molar-refractivity contribution >= 4 is 51.1 Å². The molecule has 1 saturated heterocycles. The van der Waals surface area contributed by atoms with Gasteiger partial charge >= 0.3 is 0 Å². The van der Waals surface area contributed by atoms with E-state index >= 15 is 0 Å². The Labute approximate surface area is 204 Å². The molecule has 0 unspecified atom stereocenters. The lowest BCUT2D eigenvalue weighted by molar-refractivity contribution is 0.0693. The van der Waals surface area contributed by atoms with Crippen LogP contribution in [0.15, 0.2) is 52.3 Å². The summed E-state index contributed by atoms with van der Waals surface area (Å²) in [7, 11) is -3.70. The van der Waals surface area contributed by atoms with Gasteiger partial charge in [0.05, 0.1) is 10.5 Å². The summed E-state index contributed by atoms with van der Waals surface area (Å²) in [6.07, 6.45) is 3.85. The minimum atomic E-state index is -3.70. The van der Waals surface area contributed by atoms with Crippen molar-refractivity contribution in [3.05, 3.63) is 58.6 Å². The summed E-state index contributed by atoms with van der Waals surface area (Å²) in [5.41, 5.74) is 1.49. The van der Waals surface area contributed by atoms with E-state index in [1.165, 1.54) is 17.8 Å². The van der Waals surface area contributed by atoms with Crippen LogP contribution in [0.2, 0.25) is 5.02 Å². The highest BCUT2D eigenvalue weighted by Gasteiger charge is 2.25. The van der Waals surface area contributed by atoms with E-state index in [1.807, 2.05) is 35.4 Å². The first-order valence-electron chi connectivity index (χ1n) is 10.6. The fourth-order valence-electron chi connectivity index (χ4n) is 3.53. The standard InChI is InChI=1S/C23H29ClN2O3S3/c1-17-9-12-26(13-10-17)23(27)20-15-19(7-8-22(20)30-2)32(28,29)25-11-14-31-16-18-5-3-4-6-21(18)24/h3-8,15,17,25H,9-14,16H2,1-2H3. The van der Waals surface area contributed by atoms with Gasteiger partial charge in [-0.1, -0.05) is 36.7 Å². The summed E-state index contributed by atoms with van der Waals surface area (Å²) in [5, 5.41) is 0.717. The molecular weight excluding hydrogens is 484 g/mol. The molecule has 174 valence electrons. The van der Waals surface area contributed by atoms with Gasteiger partial charge in [-0.3, -0.25) is 4.79 Å². The van der Waals surface area contributed by atoms with Gasteiger partial charge in [-0.15, -0.1) is 11.8 Å². The van der Waals surface area contributed by atoms with Crippen LogP contribution in [0, 0.1) is 5.92 Å². The first kappa shape index (κ1) is 25.4.